The van der Waals surface area contributed by atoms with Gasteiger partial charge in [0.25, 0.3) is 0 Å². The fourth-order valence-corrected chi connectivity index (χ4v) is 2.44. The average molecular weight is 278 g/mol. The van der Waals surface area contributed by atoms with Crippen LogP contribution in [0.4, 0.5) is 11.8 Å². The zero-order valence-electron chi connectivity index (χ0n) is 12.3. The van der Waals surface area contributed by atoms with Gasteiger partial charge in [0.15, 0.2) is 5.65 Å². The van der Waals surface area contributed by atoms with Crippen LogP contribution in [0.1, 0.15) is 26.7 Å². The van der Waals surface area contributed by atoms with Gasteiger partial charge in [0.2, 0.25) is 5.95 Å². The van der Waals surface area contributed by atoms with Gasteiger partial charge in [-0.05, 0) is 12.8 Å². The molecule has 7 nitrogen and oxygen atoms in total. The van der Waals surface area contributed by atoms with Gasteiger partial charge in [-0.3, -0.25) is 5.10 Å². The van der Waals surface area contributed by atoms with Gasteiger partial charge in [-0.1, -0.05) is 13.8 Å². The second-order valence-corrected chi connectivity index (χ2v) is 4.69. The van der Waals surface area contributed by atoms with Crippen LogP contribution in [0.3, 0.4) is 0 Å². The molecule has 0 atom stereocenters. The van der Waals surface area contributed by atoms with Crippen molar-refractivity contribution in [1.29, 1.82) is 0 Å². The Kier molecular flexibility index (Phi) is 4.73. The first-order chi connectivity index (χ1) is 9.71. The number of H-pyrrole nitrogens is 1. The van der Waals surface area contributed by atoms with Gasteiger partial charge in [-0.25, -0.2) is 0 Å². The molecule has 0 saturated carbocycles. The quantitative estimate of drug-likeness (QED) is 0.798. The van der Waals surface area contributed by atoms with E-state index in [2.05, 4.69) is 38.9 Å². The molecule has 20 heavy (non-hydrogen) atoms. The summed E-state index contributed by atoms with van der Waals surface area (Å²) < 4.78 is 5.22. The molecule has 3 N–H and O–H groups in total. The molecule has 0 aliphatic carbocycles. The molecule has 0 bridgehead atoms. The van der Waals surface area contributed by atoms with Gasteiger partial charge in [0.1, 0.15) is 5.82 Å². The van der Waals surface area contributed by atoms with Crippen molar-refractivity contribution in [3.63, 3.8) is 0 Å². The van der Waals surface area contributed by atoms with E-state index >= 15 is 0 Å². The van der Waals surface area contributed by atoms with Gasteiger partial charge < -0.3 is 15.4 Å². The number of nitrogens with one attached hydrogen (secondary N) is 1. The Bertz CT molecular complexity index is 551. The zero-order valence-corrected chi connectivity index (χ0v) is 12.3. The third-order valence-corrected chi connectivity index (χ3v) is 3.50. The van der Waals surface area contributed by atoms with Crippen LogP contribution in [-0.2, 0) is 4.74 Å². The number of hydrogen-bond donors (Lipinski definition) is 2. The predicted molar refractivity (Wildman–Crippen MR) is 79.7 cm³/mol. The Morgan fingerprint density at radius 2 is 2.10 bits per heavy atom. The van der Waals surface area contributed by atoms with Crippen molar-refractivity contribution in [1.82, 2.24) is 20.2 Å². The number of nitrogen functional groups attached to an aromatic ring is 1. The number of hydrogen-bond acceptors (Lipinski definition) is 6. The van der Waals surface area contributed by atoms with Gasteiger partial charge >= 0.3 is 0 Å². The molecule has 2 aromatic heterocycles. The van der Waals surface area contributed by atoms with Crippen LogP contribution in [0.5, 0.6) is 0 Å². The summed E-state index contributed by atoms with van der Waals surface area (Å²) in [5.74, 6) is 1.08. The second-order valence-electron chi connectivity index (χ2n) is 4.69. The Morgan fingerprint density at radius 3 is 2.75 bits per heavy atom. The standard InChI is InChI=1S/C13H22N6O/c1-4-9(5-2)19(6-7-20-3)12-10-8-15-18-11(10)16-13(14)17-12/h8-9H,4-7H2,1-3H3,(H3,14,15,16,17,18). The van der Waals surface area contributed by atoms with E-state index in [0.717, 1.165) is 30.6 Å². The molecular formula is C13H22N6O. The Labute approximate surface area is 118 Å². The van der Waals surface area contributed by atoms with E-state index < -0.39 is 0 Å². The maximum absolute atomic E-state index is 5.81. The normalized spacial score (nSPS) is 11.4. The van der Waals surface area contributed by atoms with Gasteiger partial charge in [-0.15, -0.1) is 0 Å². The molecule has 0 aromatic carbocycles. The smallest absolute Gasteiger partial charge is 0.224 e. The van der Waals surface area contributed by atoms with Crippen LogP contribution in [0.15, 0.2) is 6.20 Å². The van der Waals surface area contributed by atoms with Crippen LogP contribution < -0.4 is 10.6 Å². The van der Waals surface area contributed by atoms with Gasteiger partial charge in [-0.2, -0.15) is 15.1 Å². The van der Waals surface area contributed by atoms with E-state index in [9.17, 15) is 0 Å². The largest absolute Gasteiger partial charge is 0.383 e. The highest BCUT2D eigenvalue weighted by Gasteiger charge is 2.21. The third-order valence-electron chi connectivity index (χ3n) is 3.50. The van der Waals surface area contributed by atoms with Crippen molar-refractivity contribution < 1.29 is 4.74 Å². The molecular weight excluding hydrogens is 256 g/mol. The lowest BCUT2D eigenvalue weighted by Crippen LogP contribution is -2.38. The number of anilines is 2. The SMILES string of the molecule is CCC(CC)N(CCOC)c1nc(N)nc2[nH]ncc12. The number of ether oxygens (including phenoxy) is 1. The summed E-state index contributed by atoms with van der Waals surface area (Å²) >= 11 is 0. The molecule has 0 amide bonds. The lowest BCUT2D eigenvalue weighted by molar-refractivity contribution is 0.202. The number of rotatable bonds is 7. The van der Waals surface area contributed by atoms with Crippen molar-refractivity contribution in [3.8, 4) is 0 Å². The van der Waals surface area contributed by atoms with Crippen molar-refractivity contribution in [2.75, 3.05) is 30.9 Å². The van der Waals surface area contributed by atoms with Crippen molar-refractivity contribution >= 4 is 22.8 Å². The number of nitrogens with zero attached hydrogens (tertiary/aromatic N) is 4. The summed E-state index contributed by atoms with van der Waals surface area (Å²) in [4.78, 5) is 10.8. The number of fused-ring (bicyclic) bond motifs is 1. The maximum Gasteiger partial charge on any atom is 0.224 e. The molecule has 0 unspecified atom stereocenters. The summed E-state index contributed by atoms with van der Waals surface area (Å²) in [6.07, 6.45) is 3.80. The summed E-state index contributed by atoms with van der Waals surface area (Å²) in [6, 6.07) is 0.387. The maximum atomic E-state index is 5.81. The van der Waals surface area contributed by atoms with E-state index in [1.54, 1.807) is 13.3 Å². The average Bonchev–Trinajstić information content (AvgIpc) is 2.90. The minimum Gasteiger partial charge on any atom is -0.383 e. The van der Waals surface area contributed by atoms with Gasteiger partial charge in [0, 0.05) is 19.7 Å². The number of aromatic amines is 1. The fraction of sp³-hybridized carbons (Fsp3) is 0.615. The van der Waals surface area contributed by atoms with Crippen LogP contribution in [-0.4, -0.2) is 46.5 Å². The molecule has 2 heterocycles. The minimum atomic E-state index is 0.255. The summed E-state index contributed by atoms with van der Waals surface area (Å²) in [7, 11) is 1.70. The van der Waals surface area contributed by atoms with Crippen molar-refractivity contribution in [2.24, 2.45) is 0 Å². The van der Waals surface area contributed by atoms with Gasteiger partial charge in [0.05, 0.1) is 18.2 Å². The molecule has 110 valence electrons. The monoisotopic (exact) mass is 278 g/mol. The molecule has 2 aromatic rings. The number of nitrogens with two attached hydrogens (primary N) is 1. The van der Waals surface area contributed by atoms with E-state index in [1.165, 1.54) is 0 Å². The summed E-state index contributed by atoms with van der Waals surface area (Å²) in [5, 5.41) is 7.77. The second kappa shape index (κ2) is 6.51. The first-order valence-electron chi connectivity index (χ1n) is 6.93. The molecule has 0 aliphatic rings. The Hall–Kier alpha value is -1.89. The Morgan fingerprint density at radius 1 is 1.35 bits per heavy atom. The zero-order chi connectivity index (χ0) is 14.5. The van der Waals surface area contributed by atoms with Crippen LogP contribution >= 0.6 is 0 Å². The highest BCUT2D eigenvalue weighted by molar-refractivity contribution is 5.87. The highest BCUT2D eigenvalue weighted by atomic mass is 16.5. The summed E-state index contributed by atoms with van der Waals surface area (Å²) in [6.45, 7) is 5.75. The first kappa shape index (κ1) is 14.5. The van der Waals surface area contributed by atoms with E-state index in [4.69, 9.17) is 10.5 Å². The molecule has 0 radical (unpaired) electrons. The number of methoxy groups -OCH3 is 1. The van der Waals surface area contributed by atoms with Crippen molar-refractivity contribution in [2.45, 2.75) is 32.7 Å². The minimum absolute atomic E-state index is 0.255. The van der Waals surface area contributed by atoms with E-state index in [0.29, 0.717) is 18.3 Å². The highest BCUT2D eigenvalue weighted by Crippen LogP contribution is 2.26. The van der Waals surface area contributed by atoms with Crippen LogP contribution in [0.2, 0.25) is 0 Å². The fourth-order valence-electron chi connectivity index (χ4n) is 2.44. The predicted octanol–water partition coefficient (Wildman–Crippen LogP) is 1.58. The lowest BCUT2D eigenvalue weighted by atomic mass is 10.1. The molecule has 0 fully saturated rings. The molecule has 0 aliphatic heterocycles. The molecule has 2 rings (SSSR count). The number of aromatic nitrogens is 4. The topological polar surface area (TPSA) is 93.0 Å². The Balaban J connectivity index is 2.46. The molecule has 0 saturated heterocycles. The molecule has 0 spiro atoms. The van der Waals surface area contributed by atoms with Crippen molar-refractivity contribution in [3.05, 3.63) is 6.20 Å². The van der Waals surface area contributed by atoms with Crippen LogP contribution in [0, 0.1) is 0 Å². The molecule has 7 heteroatoms. The first-order valence-corrected chi connectivity index (χ1v) is 6.93. The van der Waals surface area contributed by atoms with E-state index in [1.807, 2.05) is 0 Å². The summed E-state index contributed by atoms with van der Waals surface area (Å²) in [5.41, 5.74) is 6.47. The third kappa shape index (κ3) is 2.82. The van der Waals surface area contributed by atoms with Crippen LogP contribution in [0.25, 0.3) is 11.0 Å². The lowest BCUT2D eigenvalue weighted by Gasteiger charge is -2.31. The van der Waals surface area contributed by atoms with E-state index in [-0.39, 0.29) is 5.95 Å².